The minimum atomic E-state index is -0.547. The van der Waals surface area contributed by atoms with Gasteiger partial charge in [0.05, 0.1) is 6.10 Å². The molecule has 3 heterocycles. The summed E-state index contributed by atoms with van der Waals surface area (Å²) < 4.78 is 5.52. The van der Waals surface area contributed by atoms with Gasteiger partial charge in [-0.05, 0) is 31.7 Å². The summed E-state index contributed by atoms with van der Waals surface area (Å²) in [6.07, 6.45) is 4.09. The van der Waals surface area contributed by atoms with Crippen LogP contribution in [0.25, 0.3) is 0 Å². The molecule has 0 bridgehead atoms. The van der Waals surface area contributed by atoms with Gasteiger partial charge in [-0.25, -0.2) is 4.79 Å². The maximum atomic E-state index is 12.3. The van der Waals surface area contributed by atoms with Gasteiger partial charge < -0.3 is 20.7 Å². The molecule has 23 heavy (non-hydrogen) atoms. The van der Waals surface area contributed by atoms with E-state index in [1.807, 2.05) is 4.90 Å². The topological polar surface area (TPSA) is 113 Å². The van der Waals surface area contributed by atoms with Crippen LogP contribution in [0.15, 0.2) is 6.07 Å². The van der Waals surface area contributed by atoms with E-state index < -0.39 is 5.91 Å². The molecule has 3 amide bonds. The fourth-order valence-corrected chi connectivity index (χ4v) is 3.21. The van der Waals surface area contributed by atoms with E-state index in [0.29, 0.717) is 13.1 Å². The number of hydrogen-bond acceptors (Lipinski definition) is 4. The predicted molar refractivity (Wildman–Crippen MR) is 83.0 cm³/mol. The highest BCUT2D eigenvalue weighted by Crippen LogP contribution is 2.26. The summed E-state index contributed by atoms with van der Waals surface area (Å²) in [5.74, 6) is -0.396. The molecule has 4 N–H and O–H groups in total. The molecule has 0 aliphatic carbocycles. The summed E-state index contributed by atoms with van der Waals surface area (Å²) in [7, 11) is 0. The summed E-state index contributed by atoms with van der Waals surface area (Å²) in [6, 6.07) is 1.63. The summed E-state index contributed by atoms with van der Waals surface area (Å²) in [5, 5.41) is 9.73. The molecule has 0 unspecified atom stereocenters. The van der Waals surface area contributed by atoms with E-state index in [2.05, 4.69) is 15.5 Å². The number of likely N-dealkylation sites (tertiary alicyclic amines) is 1. The largest absolute Gasteiger partial charge is 0.376 e. The molecule has 2 fully saturated rings. The van der Waals surface area contributed by atoms with Crippen LogP contribution in [-0.2, 0) is 4.74 Å². The number of amides is 3. The van der Waals surface area contributed by atoms with Crippen LogP contribution >= 0.6 is 0 Å². The smallest absolute Gasteiger partial charge is 0.317 e. The number of H-pyrrole nitrogens is 1. The minimum Gasteiger partial charge on any atom is -0.376 e. The number of nitrogens with one attached hydrogen (secondary N) is 2. The molecule has 0 saturated carbocycles. The van der Waals surface area contributed by atoms with Crippen LogP contribution < -0.4 is 11.1 Å². The monoisotopic (exact) mass is 321 g/mol. The lowest BCUT2D eigenvalue weighted by Crippen LogP contribution is -2.46. The minimum absolute atomic E-state index is 0.0557. The fourth-order valence-electron chi connectivity index (χ4n) is 3.21. The van der Waals surface area contributed by atoms with E-state index in [1.54, 1.807) is 6.07 Å². The average Bonchev–Trinajstić information content (AvgIpc) is 3.24. The van der Waals surface area contributed by atoms with E-state index in [-0.39, 0.29) is 23.7 Å². The molecule has 0 aromatic carbocycles. The quantitative estimate of drug-likeness (QED) is 0.752. The number of nitrogens with two attached hydrogens (primary N) is 1. The zero-order valence-corrected chi connectivity index (χ0v) is 13.1. The molecule has 2 atom stereocenters. The van der Waals surface area contributed by atoms with Gasteiger partial charge in [0.2, 0.25) is 0 Å². The number of hydrogen-bond donors (Lipinski definition) is 3. The molecule has 0 spiro atoms. The summed E-state index contributed by atoms with van der Waals surface area (Å²) in [6.45, 7) is 2.70. The van der Waals surface area contributed by atoms with Crippen molar-refractivity contribution in [1.29, 1.82) is 0 Å². The number of primary amides is 1. The van der Waals surface area contributed by atoms with E-state index in [9.17, 15) is 9.59 Å². The SMILES string of the molecule is NC(=O)c1cc([C@H]2CCCN(C(=O)NC[C@H]3CCCO3)C2)[nH]n1. The van der Waals surface area contributed by atoms with Crippen LogP contribution in [0.3, 0.4) is 0 Å². The highest BCUT2D eigenvalue weighted by molar-refractivity contribution is 5.90. The first-order valence-electron chi connectivity index (χ1n) is 8.13. The first-order chi connectivity index (χ1) is 11.1. The predicted octanol–water partition coefficient (Wildman–Crippen LogP) is 0.577. The lowest BCUT2D eigenvalue weighted by molar-refractivity contribution is 0.0995. The highest BCUT2D eigenvalue weighted by Gasteiger charge is 2.27. The van der Waals surface area contributed by atoms with Crippen LogP contribution in [0.2, 0.25) is 0 Å². The number of aromatic amines is 1. The zero-order valence-electron chi connectivity index (χ0n) is 13.1. The zero-order chi connectivity index (χ0) is 16.2. The lowest BCUT2D eigenvalue weighted by atomic mass is 9.95. The van der Waals surface area contributed by atoms with Crippen LogP contribution in [0.1, 0.15) is 47.8 Å². The van der Waals surface area contributed by atoms with Crippen LogP contribution in [0, 0.1) is 0 Å². The van der Waals surface area contributed by atoms with E-state index in [4.69, 9.17) is 10.5 Å². The van der Waals surface area contributed by atoms with Gasteiger partial charge in [-0.1, -0.05) is 0 Å². The van der Waals surface area contributed by atoms with Gasteiger partial charge in [0.25, 0.3) is 5.91 Å². The maximum Gasteiger partial charge on any atom is 0.317 e. The van der Waals surface area contributed by atoms with Crippen molar-refractivity contribution in [3.8, 4) is 0 Å². The molecule has 2 aliphatic rings. The Morgan fingerprint density at radius 2 is 2.30 bits per heavy atom. The first kappa shape index (κ1) is 15.8. The number of urea groups is 1. The van der Waals surface area contributed by atoms with Crippen molar-refractivity contribution in [1.82, 2.24) is 20.4 Å². The second kappa shape index (κ2) is 6.99. The Hall–Kier alpha value is -2.09. The van der Waals surface area contributed by atoms with E-state index in [0.717, 1.165) is 44.5 Å². The Bertz CT molecular complexity index is 567. The number of carbonyl (C=O) groups excluding carboxylic acids is 2. The Morgan fingerprint density at radius 1 is 1.43 bits per heavy atom. The van der Waals surface area contributed by atoms with Crippen molar-refractivity contribution in [3.63, 3.8) is 0 Å². The molecule has 1 aromatic rings. The van der Waals surface area contributed by atoms with Crippen molar-refractivity contribution in [2.75, 3.05) is 26.2 Å². The molecule has 8 heteroatoms. The normalized spacial score (nSPS) is 24.6. The van der Waals surface area contributed by atoms with Gasteiger partial charge in [-0.15, -0.1) is 0 Å². The van der Waals surface area contributed by atoms with E-state index >= 15 is 0 Å². The maximum absolute atomic E-state index is 12.3. The Morgan fingerprint density at radius 3 is 3.00 bits per heavy atom. The standard InChI is InChI=1S/C15H23N5O3/c16-14(21)13-7-12(18-19-13)10-3-1-5-20(9-10)15(22)17-8-11-4-2-6-23-11/h7,10-11H,1-6,8-9H2,(H2,16,21)(H,17,22)(H,18,19)/t10-,11+/m0/s1. The first-order valence-corrected chi connectivity index (χ1v) is 8.13. The van der Waals surface area contributed by atoms with Gasteiger partial charge in [-0.2, -0.15) is 5.10 Å². The fraction of sp³-hybridized carbons (Fsp3) is 0.667. The number of nitrogens with zero attached hydrogens (tertiary/aromatic N) is 2. The number of carbonyl (C=O) groups is 2. The van der Waals surface area contributed by atoms with Gasteiger partial charge >= 0.3 is 6.03 Å². The Balaban J connectivity index is 1.54. The Labute approximate surface area is 134 Å². The van der Waals surface area contributed by atoms with Gasteiger partial charge in [-0.3, -0.25) is 9.89 Å². The molecule has 8 nitrogen and oxygen atoms in total. The number of piperidine rings is 1. The van der Waals surface area contributed by atoms with E-state index in [1.165, 1.54) is 0 Å². The Kier molecular flexibility index (Phi) is 4.80. The van der Waals surface area contributed by atoms with Gasteiger partial charge in [0.15, 0.2) is 0 Å². The summed E-state index contributed by atoms with van der Waals surface area (Å²) in [5.41, 5.74) is 6.32. The summed E-state index contributed by atoms with van der Waals surface area (Å²) in [4.78, 5) is 25.3. The summed E-state index contributed by atoms with van der Waals surface area (Å²) >= 11 is 0. The van der Waals surface area contributed by atoms with Crippen molar-refractivity contribution >= 4 is 11.9 Å². The van der Waals surface area contributed by atoms with Crippen LogP contribution in [0.5, 0.6) is 0 Å². The molecule has 3 rings (SSSR count). The molecular weight excluding hydrogens is 298 g/mol. The molecule has 1 aromatic heterocycles. The lowest BCUT2D eigenvalue weighted by Gasteiger charge is -2.32. The second-order valence-electron chi connectivity index (χ2n) is 6.18. The third-order valence-corrected chi connectivity index (χ3v) is 4.50. The van der Waals surface area contributed by atoms with Gasteiger partial charge in [0.1, 0.15) is 5.69 Å². The molecule has 2 saturated heterocycles. The number of ether oxygens (including phenoxy) is 1. The third-order valence-electron chi connectivity index (χ3n) is 4.50. The van der Waals surface area contributed by atoms with Crippen LogP contribution in [-0.4, -0.2) is 59.4 Å². The van der Waals surface area contributed by atoms with Crippen LogP contribution in [0.4, 0.5) is 4.79 Å². The number of aromatic nitrogens is 2. The van der Waals surface area contributed by atoms with Crippen molar-refractivity contribution in [2.24, 2.45) is 5.73 Å². The molecular formula is C15H23N5O3. The molecule has 0 radical (unpaired) electrons. The van der Waals surface area contributed by atoms with Crippen molar-refractivity contribution < 1.29 is 14.3 Å². The highest BCUT2D eigenvalue weighted by atomic mass is 16.5. The van der Waals surface area contributed by atoms with Crippen molar-refractivity contribution in [2.45, 2.75) is 37.7 Å². The van der Waals surface area contributed by atoms with Gasteiger partial charge in [0, 0.05) is 37.9 Å². The number of rotatable bonds is 4. The average molecular weight is 321 g/mol. The third kappa shape index (κ3) is 3.82. The second-order valence-corrected chi connectivity index (χ2v) is 6.18. The molecule has 2 aliphatic heterocycles. The molecule has 126 valence electrons. The van der Waals surface area contributed by atoms with Crippen molar-refractivity contribution in [3.05, 3.63) is 17.5 Å².